The molecule has 0 bridgehead atoms. The van der Waals surface area contributed by atoms with E-state index < -0.39 is 12.2 Å². The Morgan fingerprint density at radius 3 is 3.00 bits per heavy atom. The molecule has 2 nitrogen and oxygen atoms in total. The van der Waals surface area contributed by atoms with Crippen molar-refractivity contribution < 1.29 is 10.2 Å². The first-order chi connectivity index (χ1) is 5.27. The zero-order valence-corrected chi connectivity index (χ0v) is 6.53. The number of hydrogen-bond acceptors (Lipinski definition) is 2. The van der Waals surface area contributed by atoms with Crippen LogP contribution in [0.3, 0.4) is 0 Å². The second kappa shape index (κ2) is 2.61. The standard InChI is InChI=1S/C9H14O2/c10-8-4-6-2-1-3-7(6)5-9(8)11/h4,7-11H,1-3,5H2/t7-,8?,9?/m0/s1. The highest BCUT2D eigenvalue weighted by Crippen LogP contribution is 2.38. The second-order valence-electron chi connectivity index (χ2n) is 3.62. The van der Waals surface area contributed by atoms with Crippen molar-refractivity contribution in [2.45, 2.75) is 37.9 Å². The number of aliphatic hydroxyl groups excluding tert-OH is 2. The zero-order valence-electron chi connectivity index (χ0n) is 6.53. The van der Waals surface area contributed by atoms with Crippen molar-refractivity contribution >= 4 is 0 Å². The molecule has 0 heterocycles. The minimum Gasteiger partial charge on any atom is -0.390 e. The summed E-state index contributed by atoms with van der Waals surface area (Å²) in [4.78, 5) is 0. The third-order valence-corrected chi connectivity index (χ3v) is 2.85. The Morgan fingerprint density at radius 1 is 1.36 bits per heavy atom. The number of allylic oxidation sites excluding steroid dienone is 1. The molecule has 2 heteroatoms. The molecule has 0 aromatic carbocycles. The third-order valence-electron chi connectivity index (χ3n) is 2.85. The maximum atomic E-state index is 9.33. The molecule has 0 saturated heterocycles. The van der Waals surface area contributed by atoms with Gasteiger partial charge in [-0.05, 0) is 31.6 Å². The maximum absolute atomic E-state index is 9.33. The number of fused-ring (bicyclic) bond motifs is 1. The van der Waals surface area contributed by atoms with Crippen LogP contribution in [0.1, 0.15) is 25.7 Å². The van der Waals surface area contributed by atoms with Crippen LogP contribution in [0.15, 0.2) is 11.6 Å². The van der Waals surface area contributed by atoms with Crippen molar-refractivity contribution in [3.63, 3.8) is 0 Å². The molecule has 0 radical (unpaired) electrons. The number of aliphatic hydroxyl groups is 2. The van der Waals surface area contributed by atoms with E-state index in [1.807, 2.05) is 6.08 Å². The summed E-state index contributed by atoms with van der Waals surface area (Å²) in [5, 5.41) is 18.6. The van der Waals surface area contributed by atoms with E-state index in [-0.39, 0.29) is 0 Å². The molecule has 0 aromatic rings. The highest BCUT2D eigenvalue weighted by atomic mass is 16.3. The summed E-state index contributed by atoms with van der Waals surface area (Å²) in [5.41, 5.74) is 1.38. The highest BCUT2D eigenvalue weighted by Gasteiger charge is 2.31. The summed E-state index contributed by atoms with van der Waals surface area (Å²) in [7, 11) is 0. The summed E-state index contributed by atoms with van der Waals surface area (Å²) in [6.45, 7) is 0. The van der Waals surface area contributed by atoms with Crippen LogP contribution in [0.5, 0.6) is 0 Å². The fourth-order valence-corrected chi connectivity index (χ4v) is 2.19. The molecule has 0 aliphatic heterocycles. The Labute approximate surface area is 66.5 Å². The van der Waals surface area contributed by atoms with Crippen LogP contribution in [-0.2, 0) is 0 Å². The molecule has 0 spiro atoms. The van der Waals surface area contributed by atoms with E-state index in [2.05, 4.69) is 0 Å². The largest absolute Gasteiger partial charge is 0.390 e. The smallest absolute Gasteiger partial charge is 0.0982 e. The molecule has 2 N–H and O–H groups in total. The van der Waals surface area contributed by atoms with Gasteiger partial charge in [-0.25, -0.2) is 0 Å². The molecular formula is C9H14O2. The average molecular weight is 154 g/mol. The summed E-state index contributed by atoms with van der Waals surface area (Å²) in [6.07, 6.45) is 5.08. The molecule has 2 aliphatic carbocycles. The van der Waals surface area contributed by atoms with Crippen LogP contribution in [-0.4, -0.2) is 22.4 Å². The van der Waals surface area contributed by atoms with Gasteiger partial charge >= 0.3 is 0 Å². The topological polar surface area (TPSA) is 40.5 Å². The van der Waals surface area contributed by atoms with Gasteiger partial charge in [0.25, 0.3) is 0 Å². The molecule has 11 heavy (non-hydrogen) atoms. The molecule has 2 aliphatic rings. The average Bonchev–Trinajstić information content (AvgIpc) is 2.36. The van der Waals surface area contributed by atoms with Gasteiger partial charge in [0.2, 0.25) is 0 Å². The molecule has 2 unspecified atom stereocenters. The predicted octanol–water partition coefficient (Wildman–Crippen LogP) is 0.838. The van der Waals surface area contributed by atoms with Crippen LogP contribution < -0.4 is 0 Å². The van der Waals surface area contributed by atoms with Gasteiger partial charge in [-0.1, -0.05) is 11.6 Å². The SMILES string of the molecule is OC1C=C2CCC[C@H]2CC1O. The van der Waals surface area contributed by atoms with Crippen LogP contribution in [0.2, 0.25) is 0 Å². The predicted molar refractivity (Wildman–Crippen MR) is 42.1 cm³/mol. The van der Waals surface area contributed by atoms with Gasteiger partial charge in [-0.15, -0.1) is 0 Å². The first kappa shape index (κ1) is 7.32. The molecular weight excluding hydrogens is 140 g/mol. The van der Waals surface area contributed by atoms with Crippen LogP contribution in [0, 0.1) is 5.92 Å². The lowest BCUT2D eigenvalue weighted by Crippen LogP contribution is -2.30. The Bertz CT molecular complexity index is 186. The Hall–Kier alpha value is -0.340. The van der Waals surface area contributed by atoms with Crippen LogP contribution in [0.25, 0.3) is 0 Å². The van der Waals surface area contributed by atoms with Gasteiger partial charge < -0.3 is 10.2 Å². The minimum atomic E-state index is -0.598. The minimum absolute atomic E-state index is 0.512. The zero-order chi connectivity index (χ0) is 7.84. The highest BCUT2D eigenvalue weighted by molar-refractivity contribution is 5.18. The molecule has 0 amide bonds. The first-order valence-electron chi connectivity index (χ1n) is 4.34. The Balaban J connectivity index is 2.18. The molecule has 0 aromatic heterocycles. The van der Waals surface area contributed by atoms with E-state index in [0.29, 0.717) is 5.92 Å². The summed E-state index contributed by atoms with van der Waals surface area (Å²) < 4.78 is 0. The van der Waals surface area contributed by atoms with Gasteiger partial charge in [-0.2, -0.15) is 0 Å². The Kier molecular flexibility index (Phi) is 1.74. The van der Waals surface area contributed by atoms with Gasteiger partial charge in [0.05, 0.1) is 12.2 Å². The van der Waals surface area contributed by atoms with Crippen LogP contribution in [0.4, 0.5) is 0 Å². The molecule has 2 rings (SSSR count). The van der Waals surface area contributed by atoms with E-state index in [4.69, 9.17) is 0 Å². The first-order valence-corrected chi connectivity index (χ1v) is 4.34. The van der Waals surface area contributed by atoms with Gasteiger partial charge in [-0.3, -0.25) is 0 Å². The number of rotatable bonds is 0. The van der Waals surface area contributed by atoms with Crippen molar-refractivity contribution in [2.75, 3.05) is 0 Å². The van der Waals surface area contributed by atoms with Crippen molar-refractivity contribution in [1.82, 2.24) is 0 Å². The molecule has 62 valence electrons. The fraction of sp³-hybridized carbons (Fsp3) is 0.778. The second-order valence-corrected chi connectivity index (χ2v) is 3.62. The van der Waals surface area contributed by atoms with Crippen molar-refractivity contribution in [3.05, 3.63) is 11.6 Å². The van der Waals surface area contributed by atoms with Crippen molar-refractivity contribution in [2.24, 2.45) is 5.92 Å². The molecule has 1 saturated carbocycles. The van der Waals surface area contributed by atoms with E-state index >= 15 is 0 Å². The van der Waals surface area contributed by atoms with E-state index in [9.17, 15) is 10.2 Å². The fourth-order valence-electron chi connectivity index (χ4n) is 2.19. The van der Waals surface area contributed by atoms with Crippen molar-refractivity contribution in [3.8, 4) is 0 Å². The maximum Gasteiger partial charge on any atom is 0.0982 e. The summed E-state index contributed by atoms with van der Waals surface area (Å²) in [6, 6.07) is 0. The normalized spacial score (nSPS) is 43.5. The summed E-state index contributed by atoms with van der Waals surface area (Å²) >= 11 is 0. The van der Waals surface area contributed by atoms with E-state index in [1.54, 1.807) is 0 Å². The molecule has 3 atom stereocenters. The van der Waals surface area contributed by atoms with Gasteiger partial charge in [0.1, 0.15) is 0 Å². The monoisotopic (exact) mass is 154 g/mol. The lowest BCUT2D eigenvalue weighted by atomic mass is 9.87. The Morgan fingerprint density at radius 2 is 2.18 bits per heavy atom. The van der Waals surface area contributed by atoms with Gasteiger partial charge in [0, 0.05) is 0 Å². The van der Waals surface area contributed by atoms with Crippen LogP contribution >= 0.6 is 0 Å². The van der Waals surface area contributed by atoms with Gasteiger partial charge in [0.15, 0.2) is 0 Å². The quantitative estimate of drug-likeness (QED) is 0.507. The summed E-state index contributed by atoms with van der Waals surface area (Å²) in [5.74, 6) is 0.577. The lowest BCUT2D eigenvalue weighted by molar-refractivity contribution is 0.0275. The lowest BCUT2D eigenvalue weighted by Gasteiger charge is -2.25. The van der Waals surface area contributed by atoms with Crippen molar-refractivity contribution in [1.29, 1.82) is 0 Å². The number of hydrogen-bond donors (Lipinski definition) is 2. The molecule has 1 fully saturated rings. The van der Waals surface area contributed by atoms with E-state index in [1.165, 1.54) is 18.4 Å². The third kappa shape index (κ3) is 1.21. The van der Waals surface area contributed by atoms with E-state index in [0.717, 1.165) is 12.8 Å².